The van der Waals surface area contributed by atoms with Gasteiger partial charge in [0.1, 0.15) is 0 Å². The van der Waals surface area contributed by atoms with Crippen LogP contribution < -0.4 is 5.32 Å². The number of halogens is 4. The Bertz CT molecular complexity index is 555. The molecule has 23 heavy (non-hydrogen) atoms. The quantitative estimate of drug-likeness (QED) is 0.873. The van der Waals surface area contributed by atoms with E-state index in [0.29, 0.717) is 18.2 Å². The molecule has 0 radical (unpaired) electrons. The van der Waals surface area contributed by atoms with Crippen LogP contribution in [-0.2, 0) is 11.0 Å². The molecule has 0 atom stereocenters. The molecule has 1 aromatic carbocycles. The van der Waals surface area contributed by atoms with Crippen molar-refractivity contribution in [2.24, 2.45) is 5.92 Å². The van der Waals surface area contributed by atoms with Crippen molar-refractivity contribution < 1.29 is 18.0 Å². The summed E-state index contributed by atoms with van der Waals surface area (Å²) in [4.78, 5) is 13.9. The topological polar surface area (TPSA) is 32.3 Å². The fourth-order valence-corrected chi connectivity index (χ4v) is 2.81. The third kappa shape index (κ3) is 5.03. The Hall–Kier alpha value is -1.43. The molecule has 1 amide bonds. The van der Waals surface area contributed by atoms with E-state index in [9.17, 15) is 18.0 Å². The maximum atomic E-state index is 12.8. The molecule has 0 bridgehead atoms. The predicted molar refractivity (Wildman–Crippen MR) is 84.5 cm³/mol. The van der Waals surface area contributed by atoms with Gasteiger partial charge in [-0.3, -0.25) is 4.79 Å². The summed E-state index contributed by atoms with van der Waals surface area (Å²) in [6, 6.07) is 3.65. The molecule has 0 unspecified atom stereocenters. The van der Waals surface area contributed by atoms with Crippen molar-refractivity contribution in [3.63, 3.8) is 0 Å². The number of hydrogen-bond acceptors (Lipinski definition) is 2. The molecule has 1 fully saturated rings. The van der Waals surface area contributed by atoms with Gasteiger partial charge in [-0.1, -0.05) is 18.5 Å². The minimum Gasteiger partial charge on any atom is -0.385 e. The van der Waals surface area contributed by atoms with E-state index in [1.807, 2.05) is 4.90 Å². The van der Waals surface area contributed by atoms with Gasteiger partial charge in [0.05, 0.1) is 10.6 Å². The standard InChI is InChI=1S/C16H20ClF3N2O/c1-11-5-8-22(9-6-11)15(23)4-7-21-12-2-3-14(17)13(10-12)16(18,19)20/h2-3,10-11,21H,4-9H2,1H3. The first kappa shape index (κ1) is 17.9. The van der Waals surface area contributed by atoms with Crippen molar-refractivity contribution >= 4 is 23.2 Å². The summed E-state index contributed by atoms with van der Waals surface area (Å²) in [5.41, 5.74) is -0.567. The lowest BCUT2D eigenvalue weighted by molar-refractivity contribution is -0.137. The third-order valence-corrected chi connectivity index (χ3v) is 4.41. The van der Waals surface area contributed by atoms with Crippen molar-refractivity contribution in [1.29, 1.82) is 0 Å². The zero-order valence-corrected chi connectivity index (χ0v) is 13.7. The Morgan fingerprint density at radius 1 is 1.35 bits per heavy atom. The molecule has 1 aliphatic rings. The fraction of sp³-hybridized carbons (Fsp3) is 0.562. The van der Waals surface area contributed by atoms with Crippen molar-refractivity contribution in [1.82, 2.24) is 4.90 Å². The molecule has 2 rings (SSSR count). The van der Waals surface area contributed by atoms with Crippen molar-refractivity contribution in [2.45, 2.75) is 32.4 Å². The lowest BCUT2D eigenvalue weighted by Gasteiger charge is -2.30. The number of rotatable bonds is 4. The Morgan fingerprint density at radius 3 is 2.61 bits per heavy atom. The Morgan fingerprint density at radius 2 is 2.00 bits per heavy atom. The van der Waals surface area contributed by atoms with Crippen LogP contribution >= 0.6 is 11.6 Å². The summed E-state index contributed by atoms with van der Waals surface area (Å²) < 4.78 is 38.3. The number of nitrogens with one attached hydrogen (secondary N) is 1. The van der Waals surface area contributed by atoms with Gasteiger partial charge in [0.15, 0.2) is 0 Å². The number of amides is 1. The molecule has 0 aliphatic carbocycles. The molecule has 1 heterocycles. The van der Waals surface area contributed by atoms with Crippen LogP contribution in [0.5, 0.6) is 0 Å². The number of piperidine rings is 1. The van der Waals surface area contributed by atoms with Crippen LogP contribution in [-0.4, -0.2) is 30.4 Å². The van der Waals surface area contributed by atoms with Crippen LogP contribution in [0.4, 0.5) is 18.9 Å². The number of alkyl halides is 3. The second kappa shape index (κ2) is 7.43. The highest BCUT2D eigenvalue weighted by Crippen LogP contribution is 2.36. The molecular formula is C16H20ClF3N2O. The lowest BCUT2D eigenvalue weighted by Crippen LogP contribution is -2.38. The molecule has 1 saturated heterocycles. The van der Waals surface area contributed by atoms with Crippen molar-refractivity contribution in [3.8, 4) is 0 Å². The highest BCUT2D eigenvalue weighted by molar-refractivity contribution is 6.31. The van der Waals surface area contributed by atoms with Gasteiger partial charge in [-0.05, 0) is 37.0 Å². The summed E-state index contributed by atoms with van der Waals surface area (Å²) >= 11 is 5.57. The maximum Gasteiger partial charge on any atom is 0.417 e. The molecule has 3 nitrogen and oxygen atoms in total. The zero-order valence-electron chi connectivity index (χ0n) is 12.9. The van der Waals surface area contributed by atoms with E-state index in [-0.39, 0.29) is 17.4 Å². The molecule has 1 aliphatic heterocycles. The van der Waals surface area contributed by atoms with E-state index in [1.54, 1.807) is 0 Å². The molecule has 0 spiro atoms. The van der Waals surface area contributed by atoms with E-state index in [4.69, 9.17) is 11.6 Å². The van der Waals surface area contributed by atoms with Crippen LogP contribution in [0.25, 0.3) is 0 Å². The van der Waals surface area contributed by atoms with Crippen LogP contribution in [0.2, 0.25) is 5.02 Å². The van der Waals surface area contributed by atoms with Crippen LogP contribution in [0, 0.1) is 5.92 Å². The molecule has 7 heteroatoms. The van der Waals surface area contributed by atoms with E-state index in [2.05, 4.69) is 12.2 Å². The monoisotopic (exact) mass is 348 g/mol. The molecular weight excluding hydrogens is 329 g/mol. The van der Waals surface area contributed by atoms with Crippen LogP contribution in [0.3, 0.4) is 0 Å². The second-order valence-electron chi connectivity index (χ2n) is 5.93. The molecule has 1 N–H and O–H groups in total. The average Bonchev–Trinajstić information content (AvgIpc) is 2.48. The molecule has 1 aromatic rings. The van der Waals surface area contributed by atoms with Gasteiger partial charge in [0.25, 0.3) is 0 Å². The first-order valence-corrected chi connectivity index (χ1v) is 8.03. The predicted octanol–water partition coefficient (Wildman–Crippen LogP) is 4.42. The van der Waals surface area contributed by atoms with E-state index in [1.165, 1.54) is 12.1 Å². The first-order valence-electron chi connectivity index (χ1n) is 7.66. The van der Waals surface area contributed by atoms with Gasteiger partial charge in [-0.25, -0.2) is 0 Å². The highest BCUT2D eigenvalue weighted by atomic mass is 35.5. The normalized spacial score (nSPS) is 16.5. The third-order valence-electron chi connectivity index (χ3n) is 4.08. The number of carbonyl (C=O) groups excluding carboxylic acids is 1. The Balaban J connectivity index is 1.85. The van der Waals surface area contributed by atoms with E-state index >= 15 is 0 Å². The SMILES string of the molecule is CC1CCN(C(=O)CCNc2ccc(Cl)c(C(F)(F)F)c2)CC1. The van der Waals surface area contributed by atoms with Crippen LogP contribution in [0.15, 0.2) is 18.2 Å². The summed E-state index contributed by atoms with van der Waals surface area (Å²) in [7, 11) is 0. The Labute approximate surface area is 138 Å². The largest absolute Gasteiger partial charge is 0.417 e. The lowest BCUT2D eigenvalue weighted by atomic mass is 9.99. The number of nitrogens with zero attached hydrogens (tertiary/aromatic N) is 1. The minimum absolute atomic E-state index is 0.0365. The first-order chi connectivity index (χ1) is 10.8. The minimum atomic E-state index is -4.49. The molecule has 128 valence electrons. The second-order valence-corrected chi connectivity index (χ2v) is 6.34. The van der Waals surface area contributed by atoms with Gasteiger partial charge < -0.3 is 10.2 Å². The summed E-state index contributed by atoms with van der Waals surface area (Å²) in [6.07, 6.45) is -2.22. The van der Waals surface area contributed by atoms with Gasteiger partial charge in [-0.15, -0.1) is 0 Å². The number of carbonyl (C=O) groups is 1. The van der Waals surface area contributed by atoms with Gasteiger partial charge >= 0.3 is 6.18 Å². The Kier molecular flexibility index (Phi) is 5.79. The van der Waals surface area contributed by atoms with Crippen LogP contribution in [0.1, 0.15) is 31.7 Å². The number of likely N-dealkylation sites (tertiary alicyclic amines) is 1. The van der Waals surface area contributed by atoms with Gasteiger partial charge in [-0.2, -0.15) is 13.2 Å². The van der Waals surface area contributed by atoms with Gasteiger partial charge in [0, 0.05) is 31.7 Å². The van der Waals surface area contributed by atoms with E-state index < -0.39 is 11.7 Å². The number of hydrogen-bond donors (Lipinski definition) is 1. The summed E-state index contributed by atoms with van der Waals surface area (Å²) in [5, 5.41) is 2.53. The molecule has 0 aromatic heterocycles. The molecule has 0 saturated carbocycles. The zero-order chi connectivity index (χ0) is 17.0. The smallest absolute Gasteiger partial charge is 0.385 e. The number of anilines is 1. The highest BCUT2D eigenvalue weighted by Gasteiger charge is 2.33. The van der Waals surface area contributed by atoms with Gasteiger partial charge in [0.2, 0.25) is 5.91 Å². The maximum absolute atomic E-state index is 12.8. The fourth-order valence-electron chi connectivity index (χ4n) is 2.58. The summed E-state index contributed by atoms with van der Waals surface area (Å²) in [6.45, 7) is 3.99. The van der Waals surface area contributed by atoms with E-state index in [0.717, 1.165) is 32.0 Å². The van der Waals surface area contributed by atoms with Crippen molar-refractivity contribution in [2.75, 3.05) is 25.0 Å². The van der Waals surface area contributed by atoms with Crippen molar-refractivity contribution in [3.05, 3.63) is 28.8 Å². The number of benzene rings is 1. The summed E-state index contributed by atoms with van der Waals surface area (Å²) in [5.74, 6) is 0.682. The average molecular weight is 349 g/mol.